The molecule has 7 heteroatoms. The van der Waals surface area contributed by atoms with E-state index in [0.717, 1.165) is 9.35 Å². The van der Waals surface area contributed by atoms with Crippen molar-refractivity contribution in [3.05, 3.63) is 44.6 Å². The first-order valence-corrected chi connectivity index (χ1v) is 7.76. The molecule has 0 aliphatic rings. The van der Waals surface area contributed by atoms with E-state index in [9.17, 15) is 8.78 Å². The smallest absolute Gasteiger partial charge is 0.387 e. The van der Waals surface area contributed by atoms with Gasteiger partial charge in [0.05, 0.1) is 10.9 Å². The Kier molecular flexibility index (Phi) is 5.96. The third-order valence-corrected chi connectivity index (χ3v) is 4.32. The van der Waals surface area contributed by atoms with Crippen LogP contribution >= 0.6 is 27.3 Å². The van der Waals surface area contributed by atoms with Crippen molar-refractivity contribution in [3.63, 3.8) is 0 Å². The van der Waals surface area contributed by atoms with Gasteiger partial charge in [0.15, 0.2) is 11.5 Å². The molecule has 0 atom stereocenters. The summed E-state index contributed by atoms with van der Waals surface area (Å²) >= 11 is 5.06. The van der Waals surface area contributed by atoms with Crippen LogP contribution in [-0.2, 0) is 13.1 Å². The zero-order valence-electron chi connectivity index (χ0n) is 11.2. The third-order valence-electron chi connectivity index (χ3n) is 2.70. The lowest BCUT2D eigenvalue weighted by molar-refractivity contribution is -0.0512. The number of methoxy groups -OCH3 is 1. The largest absolute Gasteiger partial charge is 0.493 e. The topological polar surface area (TPSA) is 30.5 Å². The van der Waals surface area contributed by atoms with Gasteiger partial charge in [0.2, 0.25) is 0 Å². The molecule has 1 N–H and O–H groups in total. The van der Waals surface area contributed by atoms with Crippen molar-refractivity contribution in [1.82, 2.24) is 5.32 Å². The Labute approximate surface area is 134 Å². The fraction of sp³-hybridized carbons (Fsp3) is 0.286. The molecular weight excluding hydrogens is 364 g/mol. The summed E-state index contributed by atoms with van der Waals surface area (Å²) in [4.78, 5) is 1.19. The Morgan fingerprint density at radius 1 is 1.19 bits per heavy atom. The van der Waals surface area contributed by atoms with Crippen molar-refractivity contribution >= 4 is 27.3 Å². The quantitative estimate of drug-likeness (QED) is 0.774. The second kappa shape index (κ2) is 7.72. The molecule has 3 nitrogen and oxygen atoms in total. The van der Waals surface area contributed by atoms with Gasteiger partial charge in [-0.2, -0.15) is 8.78 Å². The van der Waals surface area contributed by atoms with Crippen LogP contribution in [0.5, 0.6) is 11.5 Å². The number of alkyl halides is 2. The first-order valence-electron chi connectivity index (χ1n) is 6.15. The maximum absolute atomic E-state index is 12.3. The van der Waals surface area contributed by atoms with E-state index in [0.29, 0.717) is 18.8 Å². The molecule has 1 aromatic heterocycles. The van der Waals surface area contributed by atoms with E-state index in [1.165, 1.54) is 12.0 Å². The minimum absolute atomic E-state index is 0.0469. The van der Waals surface area contributed by atoms with Crippen LogP contribution in [0.4, 0.5) is 8.78 Å². The van der Waals surface area contributed by atoms with Gasteiger partial charge < -0.3 is 14.8 Å². The zero-order chi connectivity index (χ0) is 15.2. The summed E-state index contributed by atoms with van der Waals surface area (Å²) in [7, 11) is 1.42. The molecule has 0 fully saturated rings. The normalized spacial score (nSPS) is 10.9. The van der Waals surface area contributed by atoms with E-state index in [4.69, 9.17) is 4.74 Å². The molecule has 0 amide bonds. The van der Waals surface area contributed by atoms with Crippen LogP contribution in [0.25, 0.3) is 0 Å². The molecule has 0 aliphatic carbocycles. The third kappa shape index (κ3) is 4.94. The van der Waals surface area contributed by atoms with Crippen LogP contribution in [-0.4, -0.2) is 13.7 Å². The fourth-order valence-corrected chi connectivity index (χ4v) is 3.25. The van der Waals surface area contributed by atoms with Crippen LogP contribution in [0.1, 0.15) is 10.4 Å². The highest BCUT2D eigenvalue weighted by Crippen LogP contribution is 2.29. The Balaban J connectivity index is 1.96. The standard InChI is InChI=1S/C14H14BrF2NO2S/c1-19-11-4-2-9(6-12(11)20-14(16)17)7-18-8-10-3-5-13(15)21-10/h2-6,14,18H,7-8H2,1H3. The highest BCUT2D eigenvalue weighted by atomic mass is 79.9. The number of hydrogen-bond donors (Lipinski definition) is 1. The monoisotopic (exact) mass is 377 g/mol. The van der Waals surface area contributed by atoms with E-state index in [2.05, 4.69) is 26.0 Å². The summed E-state index contributed by atoms with van der Waals surface area (Å²) in [5.74, 6) is 0.340. The molecule has 1 heterocycles. The van der Waals surface area contributed by atoms with Crippen LogP contribution < -0.4 is 14.8 Å². The van der Waals surface area contributed by atoms with E-state index in [-0.39, 0.29) is 5.75 Å². The first-order chi connectivity index (χ1) is 10.1. The minimum atomic E-state index is -2.87. The summed E-state index contributed by atoms with van der Waals surface area (Å²) in [6, 6.07) is 9.01. The highest BCUT2D eigenvalue weighted by molar-refractivity contribution is 9.11. The average molecular weight is 378 g/mol. The van der Waals surface area contributed by atoms with Crippen LogP contribution in [0.2, 0.25) is 0 Å². The minimum Gasteiger partial charge on any atom is -0.493 e. The lowest BCUT2D eigenvalue weighted by atomic mass is 10.2. The van der Waals surface area contributed by atoms with Crippen LogP contribution in [0, 0.1) is 0 Å². The lowest BCUT2D eigenvalue weighted by Gasteiger charge is -2.11. The molecule has 21 heavy (non-hydrogen) atoms. The highest BCUT2D eigenvalue weighted by Gasteiger charge is 2.11. The van der Waals surface area contributed by atoms with E-state index in [1.54, 1.807) is 23.5 Å². The van der Waals surface area contributed by atoms with E-state index >= 15 is 0 Å². The Morgan fingerprint density at radius 2 is 2.00 bits per heavy atom. The first kappa shape index (κ1) is 16.2. The van der Waals surface area contributed by atoms with Gasteiger partial charge in [0.1, 0.15) is 0 Å². The van der Waals surface area contributed by atoms with Crippen molar-refractivity contribution < 1.29 is 18.3 Å². The Bertz CT molecular complexity index is 592. The molecular formula is C14H14BrF2NO2S. The molecule has 0 spiro atoms. The number of ether oxygens (including phenoxy) is 2. The molecule has 1 aromatic carbocycles. The van der Waals surface area contributed by atoms with Crippen molar-refractivity contribution in [2.24, 2.45) is 0 Å². The van der Waals surface area contributed by atoms with E-state index in [1.807, 2.05) is 18.2 Å². The van der Waals surface area contributed by atoms with E-state index < -0.39 is 6.61 Å². The molecule has 0 unspecified atom stereocenters. The van der Waals surface area contributed by atoms with Crippen molar-refractivity contribution in [2.75, 3.05) is 7.11 Å². The van der Waals surface area contributed by atoms with Gasteiger partial charge in [-0.1, -0.05) is 6.07 Å². The summed E-state index contributed by atoms with van der Waals surface area (Å²) in [5.41, 5.74) is 0.849. The number of halogens is 3. The average Bonchev–Trinajstić information content (AvgIpc) is 2.84. The van der Waals surface area contributed by atoms with Gasteiger partial charge in [-0.3, -0.25) is 0 Å². The van der Waals surface area contributed by atoms with Gasteiger partial charge in [0, 0.05) is 18.0 Å². The molecule has 0 saturated carbocycles. The van der Waals surface area contributed by atoms with Crippen molar-refractivity contribution in [3.8, 4) is 11.5 Å². The van der Waals surface area contributed by atoms with Gasteiger partial charge in [-0.15, -0.1) is 11.3 Å². The molecule has 0 bridgehead atoms. The lowest BCUT2D eigenvalue weighted by Crippen LogP contribution is -2.12. The second-order valence-electron chi connectivity index (χ2n) is 4.17. The predicted molar refractivity (Wildman–Crippen MR) is 82.2 cm³/mol. The van der Waals surface area contributed by atoms with Crippen molar-refractivity contribution in [2.45, 2.75) is 19.7 Å². The molecule has 0 saturated heterocycles. The molecule has 0 radical (unpaired) electrons. The SMILES string of the molecule is COc1ccc(CNCc2ccc(Br)s2)cc1OC(F)F. The van der Waals surface area contributed by atoms with Crippen LogP contribution in [0.15, 0.2) is 34.1 Å². The number of benzene rings is 1. The Hall–Kier alpha value is -1.18. The summed E-state index contributed by atoms with van der Waals surface area (Å²) in [5, 5.41) is 3.26. The zero-order valence-corrected chi connectivity index (χ0v) is 13.6. The maximum atomic E-state index is 12.3. The number of nitrogens with one attached hydrogen (secondary N) is 1. The van der Waals surface area contributed by atoms with Gasteiger partial charge in [-0.05, 0) is 45.8 Å². The molecule has 2 aromatic rings. The second-order valence-corrected chi connectivity index (χ2v) is 6.72. The summed E-state index contributed by atoms with van der Waals surface area (Å²) in [6.07, 6.45) is 0. The predicted octanol–water partition coefficient (Wildman–Crippen LogP) is 4.41. The summed E-state index contributed by atoms with van der Waals surface area (Å²) in [6.45, 7) is -1.60. The van der Waals surface area contributed by atoms with Gasteiger partial charge in [0.25, 0.3) is 0 Å². The van der Waals surface area contributed by atoms with Gasteiger partial charge >= 0.3 is 6.61 Å². The Morgan fingerprint density at radius 3 is 2.62 bits per heavy atom. The molecule has 0 aliphatic heterocycles. The fourth-order valence-electron chi connectivity index (χ4n) is 1.80. The number of rotatable bonds is 7. The van der Waals surface area contributed by atoms with Crippen molar-refractivity contribution in [1.29, 1.82) is 0 Å². The maximum Gasteiger partial charge on any atom is 0.387 e. The number of thiophene rings is 1. The number of hydrogen-bond acceptors (Lipinski definition) is 4. The van der Waals surface area contributed by atoms with Crippen LogP contribution in [0.3, 0.4) is 0 Å². The molecule has 2 rings (SSSR count). The summed E-state index contributed by atoms with van der Waals surface area (Å²) < 4.78 is 35.2. The van der Waals surface area contributed by atoms with Gasteiger partial charge in [-0.25, -0.2) is 0 Å². The molecule has 114 valence electrons.